The number of halogens is 3. The molecule has 0 radical (unpaired) electrons. The zero-order valence-electron chi connectivity index (χ0n) is 20.3. The van der Waals surface area contributed by atoms with E-state index in [1.807, 2.05) is 47.0 Å². The van der Waals surface area contributed by atoms with Crippen LogP contribution in [0.5, 0.6) is 0 Å². The molecule has 6 nitrogen and oxygen atoms in total. The van der Waals surface area contributed by atoms with E-state index in [9.17, 15) is 21.6 Å². The van der Waals surface area contributed by atoms with Gasteiger partial charge in [-0.15, -0.1) is 0 Å². The molecule has 0 aliphatic carbocycles. The van der Waals surface area contributed by atoms with Crippen LogP contribution in [0.4, 0.5) is 13.2 Å². The van der Waals surface area contributed by atoms with Crippen molar-refractivity contribution < 1.29 is 21.6 Å². The normalized spacial score (nSPS) is 15.9. The fraction of sp³-hybridized carbons (Fsp3) is 0.296. The van der Waals surface area contributed by atoms with Crippen LogP contribution in [0.3, 0.4) is 0 Å². The third kappa shape index (κ3) is 5.27. The molecule has 5 rings (SSSR count). The topological polar surface area (TPSA) is 57.9 Å². The molecular weight excluding hydrogens is 501 g/mol. The third-order valence-corrected chi connectivity index (χ3v) is 8.63. The van der Waals surface area contributed by atoms with Gasteiger partial charge in [-0.2, -0.15) is 17.5 Å². The Morgan fingerprint density at radius 3 is 2.24 bits per heavy atom. The van der Waals surface area contributed by atoms with E-state index in [-0.39, 0.29) is 5.75 Å². The van der Waals surface area contributed by atoms with Crippen molar-refractivity contribution in [2.45, 2.75) is 19.6 Å². The Morgan fingerprint density at radius 1 is 0.865 bits per heavy atom. The second-order valence-electron chi connectivity index (χ2n) is 9.07. The molecule has 1 aliphatic rings. The fourth-order valence-corrected chi connectivity index (χ4v) is 5.76. The lowest BCUT2D eigenvalue weighted by Crippen LogP contribution is -2.48. The van der Waals surface area contributed by atoms with Crippen molar-refractivity contribution in [3.8, 4) is 22.4 Å². The van der Waals surface area contributed by atoms with Gasteiger partial charge >= 0.3 is 6.18 Å². The number of alkyl halides is 3. The minimum Gasteiger partial charge on any atom is -0.301 e. The minimum absolute atomic E-state index is 0.0801. The Bertz CT molecular complexity index is 1510. The number of imidazole rings is 1. The number of pyridine rings is 1. The smallest absolute Gasteiger partial charge is 0.301 e. The monoisotopic (exact) mass is 528 g/mol. The van der Waals surface area contributed by atoms with Crippen LogP contribution in [-0.4, -0.2) is 58.9 Å². The van der Waals surface area contributed by atoms with Gasteiger partial charge in [-0.3, -0.25) is 4.90 Å². The van der Waals surface area contributed by atoms with Gasteiger partial charge in [-0.05, 0) is 42.3 Å². The summed E-state index contributed by atoms with van der Waals surface area (Å²) < 4.78 is 68.0. The van der Waals surface area contributed by atoms with Crippen molar-refractivity contribution in [1.29, 1.82) is 0 Å². The quantitative estimate of drug-likeness (QED) is 0.347. The van der Waals surface area contributed by atoms with Crippen LogP contribution in [0.25, 0.3) is 28.0 Å². The highest BCUT2D eigenvalue weighted by Crippen LogP contribution is 2.33. The molecule has 10 heteroatoms. The molecule has 4 aromatic rings. The van der Waals surface area contributed by atoms with Gasteiger partial charge in [0, 0.05) is 44.5 Å². The predicted octanol–water partition coefficient (Wildman–Crippen LogP) is 5.15. The molecule has 0 unspecified atom stereocenters. The first-order valence-corrected chi connectivity index (χ1v) is 13.7. The molecule has 2 aromatic carbocycles. The second-order valence-corrected chi connectivity index (χ2v) is 11.3. The maximum absolute atomic E-state index is 13.3. The SMILES string of the molecule is CCS(=O)(=O)N1CCN(Cc2c(-c3ccccc3)nc3ccc(-c4cccc(C(F)(F)F)c4)cn23)CC1. The minimum atomic E-state index is -4.42. The second kappa shape index (κ2) is 9.92. The molecule has 2 aromatic heterocycles. The van der Waals surface area contributed by atoms with Crippen molar-refractivity contribution in [2.75, 3.05) is 31.9 Å². The van der Waals surface area contributed by atoms with E-state index in [4.69, 9.17) is 4.98 Å². The first kappa shape index (κ1) is 25.4. The first-order chi connectivity index (χ1) is 17.7. The lowest BCUT2D eigenvalue weighted by molar-refractivity contribution is -0.137. The first-order valence-electron chi connectivity index (χ1n) is 12.1. The number of rotatable bonds is 6. The van der Waals surface area contributed by atoms with Crippen LogP contribution in [0.1, 0.15) is 18.2 Å². The highest BCUT2D eigenvalue weighted by Gasteiger charge is 2.31. The molecule has 37 heavy (non-hydrogen) atoms. The molecule has 0 N–H and O–H groups in total. The molecule has 0 bridgehead atoms. The maximum Gasteiger partial charge on any atom is 0.416 e. The number of piperazine rings is 1. The van der Waals surface area contributed by atoms with Gasteiger partial charge in [0.15, 0.2) is 0 Å². The number of fused-ring (bicyclic) bond motifs is 1. The molecule has 0 spiro atoms. The van der Waals surface area contributed by atoms with Crippen molar-refractivity contribution in [1.82, 2.24) is 18.6 Å². The van der Waals surface area contributed by atoms with E-state index in [0.717, 1.165) is 29.1 Å². The Morgan fingerprint density at radius 2 is 1.57 bits per heavy atom. The summed E-state index contributed by atoms with van der Waals surface area (Å²) in [7, 11) is -3.23. The number of hydrogen-bond acceptors (Lipinski definition) is 4. The summed E-state index contributed by atoms with van der Waals surface area (Å²) in [5.74, 6) is 0.0801. The Hall–Kier alpha value is -3.21. The van der Waals surface area contributed by atoms with Crippen molar-refractivity contribution in [3.63, 3.8) is 0 Å². The van der Waals surface area contributed by atoms with Gasteiger partial charge in [0.25, 0.3) is 0 Å². The fourth-order valence-electron chi connectivity index (χ4n) is 4.68. The average molecular weight is 529 g/mol. The Balaban J connectivity index is 1.53. The number of benzene rings is 2. The highest BCUT2D eigenvalue weighted by atomic mass is 32.2. The summed E-state index contributed by atoms with van der Waals surface area (Å²) in [6, 6.07) is 18.7. The molecule has 1 fully saturated rings. The lowest BCUT2D eigenvalue weighted by atomic mass is 10.0. The summed E-state index contributed by atoms with van der Waals surface area (Å²) >= 11 is 0. The number of sulfonamides is 1. The van der Waals surface area contributed by atoms with Gasteiger partial charge in [0.05, 0.1) is 22.7 Å². The summed E-state index contributed by atoms with van der Waals surface area (Å²) in [6.07, 6.45) is -2.59. The lowest BCUT2D eigenvalue weighted by Gasteiger charge is -2.33. The van der Waals surface area contributed by atoms with E-state index in [0.29, 0.717) is 49.5 Å². The summed E-state index contributed by atoms with van der Waals surface area (Å²) in [5.41, 5.74) is 3.76. The standard InChI is InChI=1S/C27H27F3N4O2S/c1-2-37(35,36)33-15-13-32(14-16-33)19-24-26(20-7-4-3-5-8-20)31-25-12-11-22(18-34(24)25)21-9-6-10-23(17-21)27(28,29)30/h3-12,17-18H,2,13-16,19H2,1H3. The number of aromatic nitrogens is 2. The summed E-state index contributed by atoms with van der Waals surface area (Å²) in [5, 5.41) is 0. The van der Waals surface area contributed by atoms with Crippen LogP contribution < -0.4 is 0 Å². The number of hydrogen-bond donors (Lipinski definition) is 0. The largest absolute Gasteiger partial charge is 0.416 e. The molecule has 0 saturated carbocycles. The van der Waals surface area contributed by atoms with E-state index >= 15 is 0 Å². The van der Waals surface area contributed by atoms with E-state index in [1.165, 1.54) is 10.4 Å². The van der Waals surface area contributed by atoms with E-state index < -0.39 is 21.8 Å². The molecular formula is C27H27F3N4O2S. The Kier molecular flexibility index (Phi) is 6.82. The van der Waals surface area contributed by atoms with Crippen molar-refractivity contribution >= 4 is 15.7 Å². The van der Waals surface area contributed by atoms with Crippen LogP contribution in [-0.2, 0) is 22.7 Å². The molecule has 1 saturated heterocycles. The molecule has 0 atom stereocenters. The van der Waals surface area contributed by atoms with E-state index in [1.54, 1.807) is 19.1 Å². The van der Waals surface area contributed by atoms with Gasteiger partial charge in [0.2, 0.25) is 10.0 Å². The zero-order chi connectivity index (χ0) is 26.2. The Labute approximate surface area is 214 Å². The van der Waals surface area contributed by atoms with Gasteiger partial charge < -0.3 is 4.40 Å². The third-order valence-electron chi connectivity index (χ3n) is 6.75. The van der Waals surface area contributed by atoms with Crippen molar-refractivity contribution in [2.24, 2.45) is 0 Å². The number of nitrogens with zero attached hydrogens (tertiary/aromatic N) is 4. The molecule has 3 heterocycles. The maximum atomic E-state index is 13.3. The van der Waals surface area contributed by atoms with Crippen LogP contribution in [0.2, 0.25) is 0 Å². The summed E-state index contributed by atoms with van der Waals surface area (Å²) in [4.78, 5) is 7.05. The van der Waals surface area contributed by atoms with E-state index in [2.05, 4.69) is 4.90 Å². The molecule has 1 aliphatic heterocycles. The van der Waals surface area contributed by atoms with Gasteiger partial charge in [-0.1, -0.05) is 42.5 Å². The van der Waals surface area contributed by atoms with Gasteiger partial charge in [-0.25, -0.2) is 13.4 Å². The van der Waals surface area contributed by atoms with Gasteiger partial charge in [0.1, 0.15) is 5.65 Å². The highest BCUT2D eigenvalue weighted by molar-refractivity contribution is 7.89. The van der Waals surface area contributed by atoms with Crippen LogP contribution in [0, 0.1) is 0 Å². The predicted molar refractivity (Wildman–Crippen MR) is 137 cm³/mol. The molecule has 0 amide bonds. The van der Waals surface area contributed by atoms with Crippen molar-refractivity contribution in [3.05, 3.63) is 84.2 Å². The average Bonchev–Trinajstić information content (AvgIpc) is 3.26. The summed E-state index contributed by atoms with van der Waals surface area (Å²) in [6.45, 7) is 4.17. The van der Waals surface area contributed by atoms with Crippen LogP contribution in [0.15, 0.2) is 72.9 Å². The molecule has 194 valence electrons. The zero-order valence-corrected chi connectivity index (χ0v) is 21.1. The van der Waals surface area contributed by atoms with Crippen LogP contribution >= 0.6 is 0 Å².